The van der Waals surface area contributed by atoms with Crippen LogP contribution in [0.4, 0.5) is 0 Å². The van der Waals surface area contributed by atoms with Gasteiger partial charge in [0.25, 0.3) is 0 Å². The molecular weight excluding hydrogens is 565 g/mol. The number of ether oxygens (including phenoxy) is 1. The number of hydrogen-bond donors (Lipinski definition) is 0. The van der Waals surface area contributed by atoms with Crippen molar-refractivity contribution in [1.29, 1.82) is 0 Å². The summed E-state index contributed by atoms with van der Waals surface area (Å²) >= 11 is 0. The molecule has 1 saturated heterocycles. The molecule has 3 atom stereocenters. The molecule has 3 aromatic rings. The molecule has 5 heterocycles. The SMILES string of the molecule is CCc1c2[n-]c(c1C)/C=C1\[N-]/C(=C3\c4[n-]c(c(C)c4C(=O)[C@@H]3C(=O)OC)/C=c3\[n-]/c(c(C)c3CC)=C\2)[C@@H](CCC=O)[C@@H]1C.[Mg+2]. The Balaban J connectivity index is 0.00000384. The molecule has 6 rings (SSSR count). The van der Waals surface area contributed by atoms with Crippen molar-refractivity contribution in [3.63, 3.8) is 0 Å². The van der Waals surface area contributed by atoms with E-state index in [0.717, 1.165) is 63.6 Å². The van der Waals surface area contributed by atoms with Crippen molar-refractivity contribution in [2.75, 3.05) is 7.11 Å². The second kappa shape index (κ2) is 12.1. The van der Waals surface area contributed by atoms with Crippen LogP contribution in [0.3, 0.4) is 0 Å². The molecule has 9 heteroatoms. The number of hydrogen-bond acceptors (Lipinski definition) is 4. The Kier molecular flexibility index (Phi) is 8.75. The zero-order valence-corrected chi connectivity index (χ0v) is 27.9. The van der Waals surface area contributed by atoms with E-state index in [2.05, 4.69) is 40.7 Å². The first-order valence-electron chi connectivity index (χ1n) is 15.1. The van der Waals surface area contributed by atoms with E-state index < -0.39 is 11.9 Å². The maximum Gasteiger partial charge on any atom is 2.00 e. The Morgan fingerprint density at radius 3 is 2.25 bits per heavy atom. The second-order valence-corrected chi connectivity index (χ2v) is 11.8. The van der Waals surface area contributed by atoms with Gasteiger partial charge in [0, 0.05) is 12.0 Å². The van der Waals surface area contributed by atoms with Gasteiger partial charge in [0.05, 0.1) is 7.11 Å². The summed E-state index contributed by atoms with van der Waals surface area (Å²) in [7, 11) is 1.29. The molecule has 0 N–H and O–H groups in total. The summed E-state index contributed by atoms with van der Waals surface area (Å²) < 4.78 is 5.14. The first-order chi connectivity index (χ1) is 20.6. The third-order valence-electron chi connectivity index (χ3n) is 9.57. The standard InChI is InChI=1S/C35H37N4O4.Mg/c1-8-20-16(3)23-13-25-18(5)22(11-10-12-40)32(38-25)30-31(35(42)43-7)34(41)29-19(6)26(39-33(29)30)15-28-21(9-2)17(4)24(37-28)14-27(20)36-23;/h12-15,18,22,31H,8-11H2,1-7H3,(H-,38,39,41);/q-3;+2/p-1/b24-14-,25-13-,28-15-;/t18-,22-,31+;/m0./s1. The van der Waals surface area contributed by atoms with Crippen LogP contribution in [0.15, 0.2) is 11.4 Å². The number of allylic oxidation sites excluding steroid dienone is 2. The Morgan fingerprint density at radius 2 is 1.59 bits per heavy atom. The van der Waals surface area contributed by atoms with Crippen molar-refractivity contribution in [2.45, 2.75) is 67.2 Å². The smallest absolute Gasteiger partial charge is 0.664 e. The van der Waals surface area contributed by atoms with Gasteiger partial charge in [-0.1, -0.05) is 72.4 Å². The topological polar surface area (TPSA) is 117 Å². The van der Waals surface area contributed by atoms with Gasteiger partial charge in [0.15, 0.2) is 5.78 Å². The van der Waals surface area contributed by atoms with Crippen molar-refractivity contribution in [1.82, 2.24) is 15.0 Å². The van der Waals surface area contributed by atoms with Crippen LogP contribution in [0.2, 0.25) is 0 Å². The third kappa shape index (κ3) is 4.75. The molecule has 0 radical (unpaired) electrons. The molecule has 224 valence electrons. The predicted molar refractivity (Wildman–Crippen MR) is 170 cm³/mol. The summed E-state index contributed by atoms with van der Waals surface area (Å²) in [6.07, 6.45) is 9.43. The molecule has 44 heavy (non-hydrogen) atoms. The molecule has 3 aromatic heterocycles. The molecule has 0 unspecified atom stereocenters. The van der Waals surface area contributed by atoms with Crippen LogP contribution in [0.25, 0.3) is 29.1 Å². The first kappa shape index (κ1) is 31.8. The first-order valence-corrected chi connectivity index (χ1v) is 15.1. The molecular formula is C35H36MgN4O4-2. The minimum absolute atomic E-state index is 0. The number of methoxy groups -OCH3 is 1. The Bertz CT molecular complexity index is 1880. The molecule has 8 bridgehead atoms. The number of aldehydes is 1. The maximum absolute atomic E-state index is 14.0. The number of fused-ring (bicyclic) bond motifs is 7. The van der Waals surface area contributed by atoms with Crippen molar-refractivity contribution in [3.8, 4) is 0 Å². The minimum atomic E-state index is -1.15. The van der Waals surface area contributed by atoms with Crippen LogP contribution < -0.4 is 25.7 Å². The van der Waals surface area contributed by atoms with Crippen molar-refractivity contribution >= 4 is 64.9 Å². The summed E-state index contributed by atoms with van der Waals surface area (Å²) in [5.41, 5.74) is 10.4. The van der Waals surface area contributed by atoms with Gasteiger partial charge in [-0.3, -0.25) is 9.59 Å². The number of Topliss-reactive ketones (excluding diaryl/α,β-unsaturated/α-hetero) is 1. The molecule has 3 aliphatic rings. The van der Waals surface area contributed by atoms with E-state index in [4.69, 9.17) is 25.0 Å². The average Bonchev–Trinajstić information content (AvgIpc) is 3.72. The summed E-state index contributed by atoms with van der Waals surface area (Å²) in [5.74, 6) is -2.36. The van der Waals surface area contributed by atoms with Gasteiger partial charge in [-0.2, -0.15) is 11.4 Å². The van der Waals surface area contributed by atoms with Crippen molar-refractivity contribution in [3.05, 3.63) is 83.6 Å². The van der Waals surface area contributed by atoms with Crippen LogP contribution >= 0.6 is 0 Å². The number of aromatic nitrogens is 3. The summed E-state index contributed by atoms with van der Waals surface area (Å²) in [6, 6.07) is 0. The fourth-order valence-electron chi connectivity index (χ4n) is 7.12. The van der Waals surface area contributed by atoms with Crippen LogP contribution in [0.1, 0.15) is 94.6 Å². The van der Waals surface area contributed by atoms with E-state index in [1.165, 1.54) is 12.7 Å². The van der Waals surface area contributed by atoms with Crippen LogP contribution in [0.5, 0.6) is 0 Å². The van der Waals surface area contributed by atoms with E-state index in [0.29, 0.717) is 46.6 Å². The molecule has 1 fully saturated rings. The van der Waals surface area contributed by atoms with Gasteiger partial charge in [0.1, 0.15) is 12.2 Å². The Hall–Kier alpha value is -3.56. The molecule has 0 amide bonds. The largest absolute Gasteiger partial charge is 2.00 e. The van der Waals surface area contributed by atoms with Crippen molar-refractivity contribution < 1.29 is 19.1 Å². The van der Waals surface area contributed by atoms with E-state index in [1.807, 2.05) is 19.1 Å². The van der Waals surface area contributed by atoms with E-state index in [9.17, 15) is 14.4 Å². The number of carbonyl (C=O) groups is 3. The van der Waals surface area contributed by atoms with E-state index in [1.54, 1.807) is 0 Å². The summed E-state index contributed by atoms with van der Waals surface area (Å²) in [4.78, 5) is 53.8. The zero-order valence-electron chi connectivity index (χ0n) is 26.5. The average molecular weight is 601 g/mol. The van der Waals surface area contributed by atoms with E-state index >= 15 is 0 Å². The normalized spacial score (nSPS) is 24.4. The monoisotopic (exact) mass is 600 g/mol. The van der Waals surface area contributed by atoms with Gasteiger partial charge in [-0.25, -0.2) is 0 Å². The van der Waals surface area contributed by atoms with Gasteiger partial charge >= 0.3 is 29.0 Å². The number of rotatable bonds is 6. The number of ketones is 1. The van der Waals surface area contributed by atoms with Crippen LogP contribution in [-0.2, 0) is 27.2 Å². The third-order valence-corrected chi connectivity index (χ3v) is 9.57. The number of esters is 1. The fourth-order valence-corrected chi connectivity index (χ4v) is 7.12. The quantitative estimate of drug-likeness (QED) is 0.184. The molecule has 0 saturated carbocycles. The molecule has 0 spiro atoms. The Labute approximate surface area is 273 Å². The second-order valence-electron chi connectivity index (χ2n) is 11.8. The zero-order chi connectivity index (χ0) is 30.7. The molecule has 8 nitrogen and oxygen atoms in total. The molecule has 0 aromatic carbocycles. The Morgan fingerprint density at radius 1 is 0.909 bits per heavy atom. The van der Waals surface area contributed by atoms with Gasteiger partial charge in [0.2, 0.25) is 0 Å². The van der Waals surface area contributed by atoms with Crippen LogP contribution in [-0.4, -0.2) is 48.2 Å². The van der Waals surface area contributed by atoms with Crippen LogP contribution in [0, 0.1) is 38.5 Å². The summed E-state index contributed by atoms with van der Waals surface area (Å²) in [5, 5.41) is 6.80. The van der Waals surface area contributed by atoms with Crippen molar-refractivity contribution in [2.24, 2.45) is 17.8 Å². The van der Waals surface area contributed by atoms with Gasteiger partial charge < -0.3 is 29.8 Å². The number of carbonyl (C=O) groups excluding carboxylic acids is 3. The maximum atomic E-state index is 14.0. The molecule has 2 aliphatic heterocycles. The van der Waals surface area contributed by atoms with Gasteiger partial charge in [-0.05, 0) is 51.9 Å². The van der Waals surface area contributed by atoms with E-state index in [-0.39, 0.29) is 40.7 Å². The molecule has 1 aliphatic carbocycles. The minimum Gasteiger partial charge on any atom is -0.664 e. The fraction of sp³-hybridized carbons (Fsp3) is 0.400. The summed E-state index contributed by atoms with van der Waals surface area (Å²) in [6.45, 7) is 12.4. The van der Waals surface area contributed by atoms with Gasteiger partial charge in [-0.15, -0.1) is 33.5 Å². The predicted octanol–water partition coefficient (Wildman–Crippen LogP) is 3.55. The number of nitrogens with zero attached hydrogens (tertiary/aromatic N) is 4.